The molecule has 0 radical (unpaired) electrons. The van der Waals surface area contributed by atoms with E-state index in [0.717, 1.165) is 43.7 Å². The zero-order chi connectivity index (χ0) is 21.8. The highest BCUT2D eigenvalue weighted by Gasteiger charge is 2.19. The number of fused-ring (bicyclic) bond motifs is 3. The molecule has 0 N–H and O–H groups in total. The molecule has 0 unspecified atom stereocenters. The molecule has 0 amide bonds. The summed E-state index contributed by atoms with van der Waals surface area (Å²) in [6.45, 7) is 0. The van der Waals surface area contributed by atoms with Crippen LogP contribution in [0.25, 0.3) is 60.2 Å². The summed E-state index contributed by atoms with van der Waals surface area (Å²) < 4.78 is 7.74. The van der Waals surface area contributed by atoms with Crippen molar-refractivity contribution < 1.29 is 4.42 Å². The van der Waals surface area contributed by atoms with Crippen LogP contribution in [0.2, 0.25) is 0 Å². The van der Waals surface area contributed by atoms with E-state index in [2.05, 4.69) is 40.5 Å². The van der Waals surface area contributed by atoms with E-state index in [0.29, 0.717) is 16.5 Å². The largest absolute Gasteiger partial charge is 0.453 e. The van der Waals surface area contributed by atoms with Gasteiger partial charge in [0.2, 0.25) is 10.8 Å². The third-order valence-corrected chi connectivity index (χ3v) is 6.60. The lowest BCUT2D eigenvalue weighted by Crippen LogP contribution is -1.91. The van der Waals surface area contributed by atoms with Gasteiger partial charge in [0.15, 0.2) is 5.76 Å². The second kappa shape index (κ2) is 7.08. The predicted octanol–water partition coefficient (Wildman–Crippen LogP) is 6.48. The highest BCUT2D eigenvalue weighted by molar-refractivity contribution is 7.20. The summed E-state index contributed by atoms with van der Waals surface area (Å²) >= 11 is 1.50. The minimum Gasteiger partial charge on any atom is -0.453 e. The molecule has 0 saturated carbocycles. The van der Waals surface area contributed by atoms with E-state index >= 15 is 0 Å². The molecule has 4 heterocycles. The maximum absolute atomic E-state index is 5.99. The molecule has 7 rings (SSSR count). The highest BCUT2D eigenvalue weighted by Crippen LogP contribution is 2.34. The Hall–Kier alpha value is -4.36. The molecule has 33 heavy (non-hydrogen) atoms. The van der Waals surface area contributed by atoms with Crippen molar-refractivity contribution in [1.29, 1.82) is 0 Å². The summed E-state index contributed by atoms with van der Waals surface area (Å²) in [5.74, 6) is 1.24. The van der Waals surface area contributed by atoms with Crippen LogP contribution in [0.1, 0.15) is 0 Å². The maximum atomic E-state index is 5.99. The molecule has 4 aromatic heterocycles. The molecule has 3 aromatic carbocycles. The first kappa shape index (κ1) is 18.2. The summed E-state index contributed by atoms with van der Waals surface area (Å²) in [5.41, 5.74) is 4.81. The van der Waals surface area contributed by atoms with Crippen molar-refractivity contribution in [2.45, 2.75) is 0 Å². The van der Waals surface area contributed by atoms with Crippen LogP contribution in [0.5, 0.6) is 0 Å². The van der Waals surface area contributed by atoms with Gasteiger partial charge in [-0.25, -0.2) is 4.98 Å². The van der Waals surface area contributed by atoms with Crippen molar-refractivity contribution in [2.24, 2.45) is 0 Å². The average molecular weight is 446 g/mol. The summed E-state index contributed by atoms with van der Waals surface area (Å²) in [6, 6.07) is 30.3. The molecule has 0 saturated heterocycles. The number of rotatable bonds is 3. The molecule has 0 bridgehead atoms. The smallest absolute Gasteiger partial charge is 0.235 e. The number of hydrogen-bond donors (Lipinski definition) is 0. The lowest BCUT2D eigenvalue weighted by Gasteiger charge is -2.06. The molecule has 7 heteroatoms. The summed E-state index contributed by atoms with van der Waals surface area (Å²) in [6.07, 6.45) is 0. The Morgan fingerprint density at radius 1 is 0.788 bits per heavy atom. The van der Waals surface area contributed by atoms with Crippen LogP contribution in [0.15, 0.2) is 95.4 Å². The molecule has 6 nitrogen and oxygen atoms in total. The normalized spacial score (nSPS) is 11.6. The second-order valence-electron chi connectivity index (χ2n) is 7.71. The third-order valence-electron chi connectivity index (χ3n) is 5.67. The Labute approximate surface area is 191 Å². The number of para-hydroxylation sites is 1. The zero-order valence-corrected chi connectivity index (χ0v) is 18.0. The first-order chi connectivity index (χ1) is 16.3. The van der Waals surface area contributed by atoms with Gasteiger partial charge in [-0.2, -0.15) is 9.61 Å². The van der Waals surface area contributed by atoms with Crippen molar-refractivity contribution >= 4 is 38.2 Å². The van der Waals surface area contributed by atoms with Crippen LogP contribution in [0.4, 0.5) is 0 Å². The summed E-state index contributed by atoms with van der Waals surface area (Å²) in [4.78, 5) is 5.60. The van der Waals surface area contributed by atoms with Gasteiger partial charge in [0.25, 0.3) is 0 Å². The van der Waals surface area contributed by atoms with Gasteiger partial charge in [0.05, 0.1) is 11.2 Å². The fourth-order valence-corrected chi connectivity index (χ4v) is 4.96. The lowest BCUT2D eigenvalue weighted by molar-refractivity contribution is 0.622. The third kappa shape index (κ3) is 2.94. The maximum Gasteiger partial charge on any atom is 0.235 e. The van der Waals surface area contributed by atoms with Gasteiger partial charge in [0, 0.05) is 21.9 Å². The molecule has 0 aliphatic rings. The number of nitrogens with zero attached hydrogens (tertiary/aromatic N) is 5. The predicted molar refractivity (Wildman–Crippen MR) is 130 cm³/mol. The number of furan rings is 1. The van der Waals surface area contributed by atoms with Crippen LogP contribution in [-0.4, -0.2) is 24.8 Å². The molecular weight excluding hydrogens is 430 g/mol. The molecule has 0 fully saturated rings. The second-order valence-corrected chi connectivity index (χ2v) is 8.66. The number of hydrogen-bond acceptors (Lipinski definition) is 6. The van der Waals surface area contributed by atoms with Gasteiger partial charge in [0.1, 0.15) is 10.6 Å². The van der Waals surface area contributed by atoms with Gasteiger partial charge >= 0.3 is 0 Å². The van der Waals surface area contributed by atoms with Crippen molar-refractivity contribution in [3.8, 4) is 33.4 Å². The molecule has 0 aliphatic carbocycles. The first-order valence-corrected chi connectivity index (χ1v) is 11.3. The minimum absolute atomic E-state index is 0.591. The van der Waals surface area contributed by atoms with Crippen LogP contribution >= 0.6 is 11.3 Å². The molecule has 0 aliphatic heterocycles. The molecule has 156 valence electrons. The van der Waals surface area contributed by atoms with Gasteiger partial charge in [-0.05, 0) is 30.3 Å². The van der Waals surface area contributed by atoms with Gasteiger partial charge in [-0.1, -0.05) is 72.0 Å². The number of aromatic nitrogens is 5. The van der Waals surface area contributed by atoms with E-state index in [1.165, 1.54) is 11.3 Å². The fraction of sp³-hybridized carbons (Fsp3) is 0. The van der Waals surface area contributed by atoms with Crippen molar-refractivity contribution in [1.82, 2.24) is 24.8 Å². The summed E-state index contributed by atoms with van der Waals surface area (Å²) in [5, 5.41) is 16.4. The zero-order valence-electron chi connectivity index (χ0n) is 17.2. The number of pyridine rings is 1. The molecule has 7 aromatic rings. The Bertz CT molecular complexity index is 1750. The topological polar surface area (TPSA) is 69.1 Å². The van der Waals surface area contributed by atoms with E-state index < -0.39 is 0 Å². The average Bonchev–Trinajstić information content (AvgIpc) is 3.57. The van der Waals surface area contributed by atoms with Crippen molar-refractivity contribution in [2.75, 3.05) is 0 Å². The van der Waals surface area contributed by atoms with E-state index in [9.17, 15) is 0 Å². The lowest BCUT2D eigenvalue weighted by atomic mass is 10.1. The fourth-order valence-electron chi connectivity index (χ4n) is 4.08. The molecule has 0 atom stereocenters. The molecule has 0 spiro atoms. The van der Waals surface area contributed by atoms with Crippen molar-refractivity contribution in [3.63, 3.8) is 0 Å². The van der Waals surface area contributed by atoms with Crippen LogP contribution < -0.4 is 0 Å². The van der Waals surface area contributed by atoms with Crippen LogP contribution in [0.3, 0.4) is 0 Å². The quantitative estimate of drug-likeness (QED) is 0.311. The van der Waals surface area contributed by atoms with Crippen LogP contribution in [-0.2, 0) is 0 Å². The van der Waals surface area contributed by atoms with E-state index in [1.54, 1.807) is 4.52 Å². The standard InChI is InChI=1S/C26H15N5OS/c1-2-7-16(8-3-1)20-14-13-18-19(10-6-11-21(18)27-20)25-30-31-24(28-29-26(31)33-25)23-15-17-9-4-5-12-22(17)32-23/h1-15H. The molecular formula is C26H15N5OS. The Balaban J connectivity index is 1.35. The highest BCUT2D eigenvalue weighted by atomic mass is 32.1. The van der Waals surface area contributed by atoms with E-state index in [4.69, 9.17) is 14.5 Å². The number of benzene rings is 3. The van der Waals surface area contributed by atoms with Gasteiger partial charge < -0.3 is 4.42 Å². The Kier molecular flexibility index (Phi) is 3.91. The van der Waals surface area contributed by atoms with Crippen molar-refractivity contribution in [3.05, 3.63) is 91.0 Å². The van der Waals surface area contributed by atoms with E-state index in [-0.39, 0.29) is 0 Å². The van der Waals surface area contributed by atoms with Gasteiger partial charge in [-0.15, -0.1) is 10.2 Å². The Morgan fingerprint density at radius 2 is 1.67 bits per heavy atom. The summed E-state index contributed by atoms with van der Waals surface area (Å²) in [7, 11) is 0. The monoisotopic (exact) mass is 445 g/mol. The minimum atomic E-state index is 0.591. The van der Waals surface area contributed by atoms with E-state index in [1.807, 2.05) is 60.7 Å². The van der Waals surface area contributed by atoms with Crippen LogP contribution in [0, 0.1) is 0 Å². The SMILES string of the molecule is c1ccc(-c2ccc3c(-c4nn5c(-c6cc7ccccc7o6)nnc5s4)cccc3n2)cc1. The van der Waals surface area contributed by atoms with Gasteiger partial charge in [-0.3, -0.25) is 0 Å². The first-order valence-electron chi connectivity index (χ1n) is 10.5. The Morgan fingerprint density at radius 3 is 2.58 bits per heavy atom.